The Bertz CT molecular complexity index is 641. The smallest absolute Gasteiger partial charge is 0.238 e. The van der Waals surface area contributed by atoms with Crippen LogP contribution in [0, 0.1) is 0 Å². The summed E-state index contributed by atoms with van der Waals surface area (Å²) in [6, 6.07) is 17.8. The number of amides is 1. The van der Waals surface area contributed by atoms with E-state index in [1.54, 1.807) is 0 Å². The quantitative estimate of drug-likeness (QED) is 0.766. The molecule has 0 aliphatic carbocycles. The van der Waals surface area contributed by atoms with Crippen molar-refractivity contribution in [3.8, 4) is 5.75 Å². The third kappa shape index (κ3) is 5.39. The molecule has 1 atom stereocenters. The Morgan fingerprint density at radius 2 is 1.71 bits per heavy atom. The Balaban J connectivity index is 1.94. The lowest BCUT2D eigenvalue weighted by atomic mass is 10.0. The zero-order valence-electron chi connectivity index (χ0n) is 14.6. The van der Waals surface area contributed by atoms with Crippen LogP contribution in [0.4, 0.5) is 5.69 Å². The maximum atomic E-state index is 12.3. The first kappa shape index (κ1) is 18.0. The molecule has 0 aliphatic heterocycles. The number of carbonyl (C=O) groups excluding carboxylic acids is 1. The second-order valence-corrected chi connectivity index (χ2v) is 5.96. The number of ether oxygens (including phenoxy) is 1. The highest BCUT2D eigenvalue weighted by molar-refractivity contribution is 5.93. The lowest BCUT2D eigenvalue weighted by Gasteiger charge is -2.18. The zero-order chi connectivity index (χ0) is 17.4. The number of carbonyl (C=O) groups is 1. The van der Waals surface area contributed by atoms with Crippen LogP contribution in [-0.2, 0) is 4.79 Å². The Morgan fingerprint density at radius 1 is 1.04 bits per heavy atom. The van der Waals surface area contributed by atoms with Gasteiger partial charge in [0.1, 0.15) is 5.75 Å². The van der Waals surface area contributed by atoms with Crippen LogP contribution in [-0.4, -0.2) is 18.6 Å². The minimum atomic E-state index is -0.0795. The molecule has 2 aromatic rings. The topological polar surface area (TPSA) is 50.4 Å². The zero-order valence-corrected chi connectivity index (χ0v) is 14.6. The summed E-state index contributed by atoms with van der Waals surface area (Å²) in [7, 11) is 0. The van der Waals surface area contributed by atoms with Crippen LogP contribution in [0.1, 0.15) is 38.8 Å². The van der Waals surface area contributed by atoms with Gasteiger partial charge in [0.25, 0.3) is 0 Å². The number of hydrogen-bond acceptors (Lipinski definition) is 3. The molecule has 1 amide bonds. The molecule has 4 heteroatoms. The van der Waals surface area contributed by atoms with Gasteiger partial charge in [0.05, 0.1) is 18.3 Å². The van der Waals surface area contributed by atoms with E-state index in [4.69, 9.17) is 4.74 Å². The van der Waals surface area contributed by atoms with Gasteiger partial charge in [-0.25, -0.2) is 0 Å². The molecule has 2 N–H and O–H groups in total. The van der Waals surface area contributed by atoms with Crippen LogP contribution in [0.25, 0.3) is 0 Å². The van der Waals surface area contributed by atoms with E-state index in [0.717, 1.165) is 6.42 Å². The number of para-hydroxylation sites is 2. The number of rotatable bonds is 8. The second kappa shape index (κ2) is 9.08. The number of benzene rings is 2. The summed E-state index contributed by atoms with van der Waals surface area (Å²) in [6.45, 7) is 6.29. The Kier molecular flexibility index (Phi) is 6.82. The highest BCUT2D eigenvalue weighted by atomic mass is 16.5. The number of anilines is 1. The van der Waals surface area contributed by atoms with Crippen molar-refractivity contribution in [3.63, 3.8) is 0 Å². The van der Waals surface area contributed by atoms with Gasteiger partial charge in [-0.15, -0.1) is 0 Å². The van der Waals surface area contributed by atoms with Crippen molar-refractivity contribution in [1.29, 1.82) is 0 Å². The molecule has 2 rings (SSSR count). The van der Waals surface area contributed by atoms with E-state index in [9.17, 15) is 4.79 Å². The average Bonchev–Trinajstić information content (AvgIpc) is 2.58. The lowest BCUT2D eigenvalue weighted by Crippen LogP contribution is -2.31. The molecule has 2 aromatic carbocycles. The molecular weight excluding hydrogens is 300 g/mol. The van der Waals surface area contributed by atoms with Gasteiger partial charge < -0.3 is 15.4 Å². The summed E-state index contributed by atoms with van der Waals surface area (Å²) in [4.78, 5) is 12.3. The summed E-state index contributed by atoms with van der Waals surface area (Å²) in [5.74, 6) is 0.611. The molecule has 128 valence electrons. The fourth-order valence-electron chi connectivity index (χ4n) is 2.52. The fraction of sp³-hybridized carbons (Fsp3) is 0.350. The minimum absolute atomic E-state index is 0.0590. The average molecular weight is 326 g/mol. The molecule has 0 aromatic heterocycles. The monoisotopic (exact) mass is 326 g/mol. The van der Waals surface area contributed by atoms with Gasteiger partial charge in [-0.1, -0.05) is 49.4 Å². The van der Waals surface area contributed by atoms with Crippen molar-refractivity contribution in [2.45, 2.75) is 39.3 Å². The van der Waals surface area contributed by atoms with Gasteiger partial charge in [-0.2, -0.15) is 0 Å². The van der Waals surface area contributed by atoms with E-state index in [1.165, 1.54) is 5.56 Å². The molecule has 24 heavy (non-hydrogen) atoms. The van der Waals surface area contributed by atoms with E-state index in [2.05, 4.69) is 29.7 Å². The molecule has 0 saturated heterocycles. The van der Waals surface area contributed by atoms with Crippen molar-refractivity contribution in [3.05, 3.63) is 60.2 Å². The van der Waals surface area contributed by atoms with Crippen LogP contribution >= 0.6 is 0 Å². The van der Waals surface area contributed by atoms with Crippen molar-refractivity contribution in [2.24, 2.45) is 0 Å². The first-order chi connectivity index (χ1) is 11.6. The highest BCUT2D eigenvalue weighted by Crippen LogP contribution is 2.24. The molecule has 0 fully saturated rings. The van der Waals surface area contributed by atoms with E-state index < -0.39 is 0 Å². The summed E-state index contributed by atoms with van der Waals surface area (Å²) >= 11 is 0. The van der Waals surface area contributed by atoms with E-state index in [1.807, 2.05) is 56.3 Å². The van der Waals surface area contributed by atoms with Crippen LogP contribution in [0.15, 0.2) is 54.6 Å². The van der Waals surface area contributed by atoms with Crippen molar-refractivity contribution in [1.82, 2.24) is 5.32 Å². The standard InChI is InChI=1S/C20H26N2O2/c1-4-17(16-10-6-5-7-11-16)21-14-20(23)22-18-12-8-9-13-19(18)24-15(2)3/h5-13,15,17,21H,4,14H2,1-3H3,(H,22,23). The van der Waals surface area contributed by atoms with Gasteiger partial charge in [-0.05, 0) is 38.0 Å². The summed E-state index contributed by atoms with van der Waals surface area (Å²) in [5.41, 5.74) is 1.89. The first-order valence-corrected chi connectivity index (χ1v) is 8.44. The van der Waals surface area contributed by atoms with Gasteiger partial charge in [0.15, 0.2) is 0 Å². The normalized spacial score (nSPS) is 12.0. The van der Waals surface area contributed by atoms with E-state index in [0.29, 0.717) is 11.4 Å². The number of hydrogen-bond donors (Lipinski definition) is 2. The van der Waals surface area contributed by atoms with Crippen LogP contribution in [0.2, 0.25) is 0 Å². The molecular formula is C20H26N2O2. The van der Waals surface area contributed by atoms with Crippen LogP contribution in [0.5, 0.6) is 5.75 Å². The fourth-order valence-corrected chi connectivity index (χ4v) is 2.52. The van der Waals surface area contributed by atoms with Gasteiger partial charge in [0, 0.05) is 6.04 Å². The summed E-state index contributed by atoms with van der Waals surface area (Å²) in [5, 5.41) is 6.23. The third-order valence-electron chi connectivity index (χ3n) is 3.64. The summed E-state index contributed by atoms with van der Waals surface area (Å²) < 4.78 is 5.73. The molecule has 0 saturated carbocycles. The summed E-state index contributed by atoms with van der Waals surface area (Å²) in [6.07, 6.45) is 0.980. The molecule has 0 bridgehead atoms. The van der Waals surface area contributed by atoms with Crippen LogP contribution < -0.4 is 15.4 Å². The lowest BCUT2D eigenvalue weighted by molar-refractivity contribution is -0.115. The predicted molar refractivity (Wildman–Crippen MR) is 98.3 cm³/mol. The predicted octanol–water partition coefficient (Wildman–Crippen LogP) is 4.15. The molecule has 0 heterocycles. The van der Waals surface area contributed by atoms with Crippen molar-refractivity contribution >= 4 is 11.6 Å². The molecule has 4 nitrogen and oxygen atoms in total. The highest BCUT2D eigenvalue weighted by Gasteiger charge is 2.12. The second-order valence-electron chi connectivity index (χ2n) is 5.96. The Hall–Kier alpha value is -2.33. The maximum absolute atomic E-state index is 12.3. The molecule has 0 radical (unpaired) electrons. The minimum Gasteiger partial charge on any atom is -0.489 e. The van der Waals surface area contributed by atoms with Gasteiger partial charge in [0.2, 0.25) is 5.91 Å². The van der Waals surface area contributed by atoms with E-state index >= 15 is 0 Å². The Morgan fingerprint density at radius 3 is 2.38 bits per heavy atom. The van der Waals surface area contributed by atoms with Crippen LogP contribution in [0.3, 0.4) is 0 Å². The first-order valence-electron chi connectivity index (χ1n) is 8.44. The van der Waals surface area contributed by atoms with Crippen molar-refractivity contribution < 1.29 is 9.53 Å². The van der Waals surface area contributed by atoms with Gasteiger partial charge >= 0.3 is 0 Å². The molecule has 0 spiro atoms. The van der Waals surface area contributed by atoms with Gasteiger partial charge in [-0.3, -0.25) is 4.79 Å². The SMILES string of the molecule is CCC(NCC(=O)Nc1ccccc1OC(C)C)c1ccccc1. The van der Waals surface area contributed by atoms with E-state index in [-0.39, 0.29) is 24.6 Å². The largest absolute Gasteiger partial charge is 0.489 e. The third-order valence-corrected chi connectivity index (χ3v) is 3.64. The molecule has 0 aliphatic rings. The van der Waals surface area contributed by atoms with Crippen molar-refractivity contribution in [2.75, 3.05) is 11.9 Å². The maximum Gasteiger partial charge on any atom is 0.238 e. The Labute approximate surface area is 144 Å². The number of nitrogens with one attached hydrogen (secondary N) is 2. The molecule has 1 unspecified atom stereocenters.